The zero-order valence-corrected chi connectivity index (χ0v) is 11.5. The molecule has 1 heterocycles. The Kier molecular flexibility index (Phi) is 4.19. The fraction of sp³-hybridized carbons (Fsp3) is 1.00. The molecule has 0 N–H and O–H groups in total. The van der Waals surface area contributed by atoms with Gasteiger partial charge in [-0.05, 0) is 26.3 Å². The number of hydrogen-bond donors (Lipinski definition) is 0. The van der Waals surface area contributed by atoms with Gasteiger partial charge in [0, 0.05) is 12.6 Å². The van der Waals surface area contributed by atoms with E-state index in [2.05, 4.69) is 23.1 Å². The third-order valence-electron chi connectivity index (χ3n) is 3.56. The maximum atomic E-state index is 5.89. The lowest BCUT2D eigenvalue weighted by molar-refractivity contribution is -0.142. The maximum Gasteiger partial charge on any atom is 0.179 e. The highest BCUT2D eigenvalue weighted by Gasteiger charge is 2.39. The Morgan fingerprint density at radius 1 is 1.27 bits per heavy atom. The molecule has 0 spiro atoms. The molecule has 0 aromatic carbocycles. The standard InChI is InChI=1S/C11H24N2OSi/c1-3-9-14-11-12(2)15-13(11)10-7-5-4-6-8-10/h10-11H,3-9,15H2,1-2H3. The number of rotatable bonds is 4. The molecule has 0 aromatic heterocycles. The second-order valence-electron chi connectivity index (χ2n) is 4.90. The van der Waals surface area contributed by atoms with Crippen molar-refractivity contribution in [3.8, 4) is 0 Å². The maximum absolute atomic E-state index is 5.89. The number of hydrogen-bond acceptors (Lipinski definition) is 3. The SMILES string of the molecule is CCCOC1N(C)[SiH2]N1C1CCCCC1. The minimum Gasteiger partial charge on any atom is -0.351 e. The van der Waals surface area contributed by atoms with E-state index in [9.17, 15) is 0 Å². The van der Waals surface area contributed by atoms with E-state index in [0.717, 1.165) is 19.1 Å². The summed E-state index contributed by atoms with van der Waals surface area (Å²) in [6.45, 7) is 3.09. The molecular formula is C11H24N2OSi. The fourth-order valence-electron chi connectivity index (χ4n) is 2.71. The van der Waals surface area contributed by atoms with Crippen LogP contribution in [0.5, 0.6) is 0 Å². The summed E-state index contributed by atoms with van der Waals surface area (Å²) in [7, 11) is 2.08. The molecule has 1 saturated heterocycles. The largest absolute Gasteiger partial charge is 0.351 e. The Labute approximate surface area is 95.7 Å². The van der Waals surface area contributed by atoms with E-state index in [4.69, 9.17) is 4.74 Å². The molecule has 0 bridgehead atoms. The average molecular weight is 228 g/mol. The summed E-state index contributed by atoms with van der Waals surface area (Å²) in [4.78, 5) is 0. The van der Waals surface area contributed by atoms with Gasteiger partial charge in [-0.15, -0.1) is 0 Å². The van der Waals surface area contributed by atoms with Crippen molar-refractivity contribution in [2.75, 3.05) is 13.7 Å². The summed E-state index contributed by atoms with van der Waals surface area (Å²) in [6, 6.07) is 0.850. The van der Waals surface area contributed by atoms with Crippen LogP contribution in [0, 0.1) is 0 Å². The lowest BCUT2D eigenvalue weighted by Crippen LogP contribution is -2.69. The van der Waals surface area contributed by atoms with Gasteiger partial charge in [0.1, 0.15) is 0 Å². The first-order valence-electron chi connectivity index (χ1n) is 6.40. The molecule has 0 aromatic rings. The highest BCUT2D eigenvalue weighted by atomic mass is 28.2. The predicted molar refractivity (Wildman–Crippen MR) is 65.1 cm³/mol. The van der Waals surface area contributed by atoms with E-state index >= 15 is 0 Å². The van der Waals surface area contributed by atoms with Crippen LogP contribution < -0.4 is 0 Å². The van der Waals surface area contributed by atoms with Crippen molar-refractivity contribution in [3.05, 3.63) is 0 Å². The molecule has 2 aliphatic rings. The van der Waals surface area contributed by atoms with Gasteiger partial charge in [0.15, 0.2) is 16.2 Å². The first-order chi connectivity index (χ1) is 7.33. The molecule has 1 atom stereocenters. The Morgan fingerprint density at radius 3 is 2.60 bits per heavy atom. The summed E-state index contributed by atoms with van der Waals surface area (Å²) in [5.74, 6) is 0. The van der Waals surface area contributed by atoms with Crippen LogP contribution in [0.15, 0.2) is 0 Å². The van der Waals surface area contributed by atoms with E-state index in [1.54, 1.807) is 0 Å². The molecule has 0 amide bonds. The van der Waals surface area contributed by atoms with Crippen molar-refractivity contribution >= 4 is 9.84 Å². The smallest absolute Gasteiger partial charge is 0.179 e. The second kappa shape index (κ2) is 5.43. The lowest BCUT2D eigenvalue weighted by Gasteiger charge is -2.52. The van der Waals surface area contributed by atoms with Crippen molar-refractivity contribution in [2.45, 2.75) is 57.8 Å². The first kappa shape index (κ1) is 11.6. The monoisotopic (exact) mass is 228 g/mol. The Bertz CT molecular complexity index is 197. The van der Waals surface area contributed by atoms with Crippen molar-refractivity contribution in [1.29, 1.82) is 0 Å². The summed E-state index contributed by atoms with van der Waals surface area (Å²) < 4.78 is 11.0. The van der Waals surface area contributed by atoms with Gasteiger partial charge >= 0.3 is 0 Å². The predicted octanol–water partition coefficient (Wildman–Crippen LogP) is 1.28. The van der Waals surface area contributed by atoms with Crippen LogP contribution in [0.25, 0.3) is 0 Å². The Morgan fingerprint density at radius 2 is 2.00 bits per heavy atom. The number of nitrogens with zero attached hydrogens (tertiary/aromatic N) is 2. The van der Waals surface area contributed by atoms with E-state index in [-0.39, 0.29) is 9.84 Å². The molecule has 4 heteroatoms. The van der Waals surface area contributed by atoms with Gasteiger partial charge in [0.2, 0.25) is 0 Å². The molecule has 3 nitrogen and oxygen atoms in total. The molecule has 1 aliphatic heterocycles. The van der Waals surface area contributed by atoms with Gasteiger partial charge < -0.3 is 4.74 Å². The van der Waals surface area contributed by atoms with Crippen LogP contribution in [0.3, 0.4) is 0 Å². The van der Waals surface area contributed by atoms with Gasteiger partial charge in [-0.25, -0.2) is 0 Å². The van der Waals surface area contributed by atoms with Crippen LogP contribution in [0.1, 0.15) is 45.4 Å². The summed E-state index contributed by atoms with van der Waals surface area (Å²) >= 11 is 0. The molecule has 1 unspecified atom stereocenters. The fourth-order valence-corrected chi connectivity index (χ4v) is 4.49. The zero-order chi connectivity index (χ0) is 10.7. The minimum atomic E-state index is -0.135. The zero-order valence-electron chi connectivity index (χ0n) is 10.1. The molecule has 1 aliphatic carbocycles. The van der Waals surface area contributed by atoms with Gasteiger partial charge in [0.05, 0.1) is 0 Å². The average Bonchev–Trinajstić information content (AvgIpc) is 2.27. The summed E-state index contributed by atoms with van der Waals surface area (Å²) in [5.41, 5.74) is 0. The molecular weight excluding hydrogens is 204 g/mol. The highest BCUT2D eigenvalue weighted by Crippen LogP contribution is 2.28. The van der Waals surface area contributed by atoms with E-state index < -0.39 is 0 Å². The van der Waals surface area contributed by atoms with E-state index in [1.165, 1.54) is 32.1 Å². The molecule has 2 fully saturated rings. The highest BCUT2D eigenvalue weighted by molar-refractivity contribution is 6.31. The van der Waals surface area contributed by atoms with Gasteiger partial charge in [0.25, 0.3) is 0 Å². The van der Waals surface area contributed by atoms with Crippen molar-refractivity contribution < 1.29 is 4.74 Å². The first-order valence-corrected chi connectivity index (χ1v) is 7.67. The van der Waals surface area contributed by atoms with Crippen LogP contribution in [0.4, 0.5) is 0 Å². The third-order valence-corrected chi connectivity index (χ3v) is 5.48. The van der Waals surface area contributed by atoms with Crippen LogP contribution in [0.2, 0.25) is 0 Å². The van der Waals surface area contributed by atoms with Gasteiger partial charge in [-0.3, -0.25) is 9.13 Å². The third kappa shape index (κ3) is 2.61. The summed E-state index contributed by atoms with van der Waals surface area (Å²) in [5, 5.41) is 0. The topological polar surface area (TPSA) is 15.7 Å². The molecule has 88 valence electrons. The molecule has 1 saturated carbocycles. The molecule has 15 heavy (non-hydrogen) atoms. The quantitative estimate of drug-likeness (QED) is 0.674. The molecule has 0 radical (unpaired) electrons. The summed E-state index contributed by atoms with van der Waals surface area (Å²) in [6.07, 6.45) is 8.59. The number of ether oxygens (including phenoxy) is 1. The normalized spacial score (nSPS) is 32.0. The van der Waals surface area contributed by atoms with Crippen LogP contribution in [-0.2, 0) is 4.74 Å². The Balaban J connectivity index is 1.80. The van der Waals surface area contributed by atoms with Crippen LogP contribution in [-0.4, -0.2) is 45.0 Å². The Hall–Kier alpha value is 0.0969. The van der Waals surface area contributed by atoms with Crippen molar-refractivity contribution in [2.24, 2.45) is 0 Å². The van der Waals surface area contributed by atoms with Gasteiger partial charge in [-0.2, -0.15) is 0 Å². The lowest BCUT2D eigenvalue weighted by atomic mass is 9.95. The van der Waals surface area contributed by atoms with Crippen molar-refractivity contribution in [1.82, 2.24) is 9.13 Å². The minimum absolute atomic E-state index is 0.135. The van der Waals surface area contributed by atoms with Crippen molar-refractivity contribution in [3.63, 3.8) is 0 Å². The van der Waals surface area contributed by atoms with E-state index in [0.29, 0.717) is 6.35 Å². The van der Waals surface area contributed by atoms with Crippen LogP contribution >= 0.6 is 0 Å². The van der Waals surface area contributed by atoms with Gasteiger partial charge in [-0.1, -0.05) is 26.2 Å². The second-order valence-corrected chi connectivity index (χ2v) is 6.91. The molecule has 2 rings (SSSR count). The van der Waals surface area contributed by atoms with E-state index in [1.807, 2.05) is 0 Å².